The topological polar surface area (TPSA) is 252 Å². The van der Waals surface area contributed by atoms with Crippen molar-refractivity contribution < 1.29 is 215 Å². The molecule has 0 amide bonds. The molecule has 6 aromatic rings. The fraction of sp³-hybridized carbons (Fsp3) is 0.692. The first-order chi connectivity index (χ1) is 103. The van der Waals surface area contributed by atoms with Gasteiger partial charge in [-0.05, 0) is 323 Å². The lowest BCUT2D eigenvalue weighted by atomic mass is 9.75. The van der Waals surface area contributed by atoms with E-state index in [1.165, 1.54) is 14.2 Å². The first-order valence-corrected chi connectivity index (χ1v) is 43.7. The van der Waals surface area contributed by atoms with Crippen LogP contribution in [0.25, 0.3) is 0 Å². The summed E-state index contributed by atoms with van der Waals surface area (Å²) in [6, 6.07) is -23.4. The van der Waals surface area contributed by atoms with Gasteiger partial charge < -0.3 is 87.5 Å². The first-order valence-electron chi connectivity index (χ1n) is 90.2. The molecule has 24 heteroatoms. The number of rotatable bonds is 21. The number of nitrogens with zero attached hydrogens (tertiary/aromatic N) is 6. The predicted octanol–water partition coefficient (Wildman–Crippen LogP) is 19.3. The summed E-state index contributed by atoms with van der Waals surface area (Å²) in [5.74, 6) is -26.7. The highest BCUT2D eigenvalue weighted by Gasteiger charge is 2.47. The van der Waals surface area contributed by atoms with Crippen molar-refractivity contribution in [3.8, 4) is 69.0 Å². The molecule has 0 saturated carbocycles. The van der Waals surface area contributed by atoms with Crippen molar-refractivity contribution >= 4 is 0 Å². The molecule has 786 valence electrons. The average molecular weight is 2050 g/mol. The van der Waals surface area contributed by atoms with E-state index < -0.39 is 557 Å². The van der Waals surface area contributed by atoms with Gasteiger partial charge in [-0.1, -0.05) is 103 Å². The molecule has 24 nitrogen and oxygen atoms in total. The van der Waals surface area contributed by atoms with Crippen LogP contribution in [0, 0.1) is 69.4 Å². The van der Waals surface area contributed by atoms with Gasteiger partial charge in [-0.2, -0.15) is 0 Å². The largest absolute Gasteiger partial charge is 0.493 e. The van der Waals surface area contributed by atoms with Gasteiger partial charge in [0.05, 0.1) is 159 Å². The Balaban J connectivity index is 0.000000222. The fourth-order valence-electron chi connectivity index (χ4n) is 16.1. The van der Waals surface area contributed by atoms with Gasteiger partial charge in [0, 0.05) is 205 Å². The monoisotopic (exact) mass is 2050 g/mol. The molecule has 6 N–H and O–H groups in total. The minimum Gasteiger partial charge on any atom is -0.493 e. The molecule has 6 saturated heterocycles. The number of hydrogen-bond acceptors (Lipinski definition) is 24. The third-order valence-corrected chi connectivity index (χ3v) is 22.1. The number of piperidine rings is 6. The minimum absolute atomic E-state index is 0.117. The normalized spacial score (nSPS) is 50.9. The molecule has 18 atom stereocenters. The standard InChI is InChI=1S/3C20H31NO3.3C19H29NO3/c3*1-20(2,3)11-14-12-21-7-6-13-8-18(23-4)19(24-5)9-15(13)16(21)10-17(14)22;3*1-12(2)7-14-11-20-6-5-13-8-18(22-3)19(23-4)9-15(13)16(20)10-17(14)21/h3*8-9,14,16-17,22H,6-7,10-12H2,1-5H3;3*8-9,12,14,16-17,21H,5-7,10-11H2,1-4H3/i1D3,2D3,5D3,6D2,7D2,8D,9D,10D2,11D2,14D,17D;2*1D3,2D3,6D2,7D2,8D,9D,10D2,11D2,14D,17D;2*4D3,5D2,6D2,8D,9D,10D2,14D,17D;5D2,6D2,8D,9D,10D2,14D,17D. The van der Waals surface area contributed by atoms with Gasteiger partial charge in [-0.15, -0.1) is 0 Å². The molecule has 12 aliphatic heterocycles. The molecule has 18 unspecified atom stereocenters. The Morgan fingerprint density at radius 1 is 0.284 bits per heavy atom. The maximum Gasteiger partial charge on any atom is 0.161 e. The predicted molar refractivity (Wildman–Crippen MR) is 561 cm³/mol. The number of aliphatic hydroxyl groups is 6. The van der Waals surface area contributed by atoms with Crippen molar-refractivity contribution in [1.29, 1.82) is 0 Å². The van der Waals surface area contributed by atoms with Crippen LogP contribution in [0.4, 0.5) is 0 Å². The lowest BCUT2D eigenvalue weighted by Gasteiger charge is -2.47. The molecular weight excluding hydrogens is 1780 g/mol. The molecule has 0 aromatic heterocycles. The van der Waals surface area contributed by atoms with Gasteiger partial charge in [-0.3, -0.25) is 29.4 Å². The molecule has 6 fully saturated rings. The Labute approximate surface area is 977 Å². The summed E-state index contributed by atoms with van der Waals surface area (Å²) < 4.78 is 845. The van der Waals surface area contributed by atoms with Crippen molar-refractivity contribution in [1.82, 2.24) is 29.4 Å². The second-order valence-electron chi connectivity index (χ2n) is 34.7. The molecular formula is C117H180N6O18. The number of methoxy groups -OCH3 is 12. The Bertz CT molecular complexity index is 9370. The van der Waals surface area contributed by atoms with Crippen LogP contribution in [-0.2, 0) is 38.2 Å². The van der Waals surface area contributed by atoms with Crippen LogP contribution in [0.3, 0.4) is 0 Å². The molecule has 0 spiro atoms. The zero-order chi connectivity index (χ0) is 184. The zero-order valence-corrected chi connectivity index (χ0v) is 80.3. The van der Waals surface area contributed by atoms with E-state index in [9.17, 15) is 30.6 Å². The number of hydrogen-bond donors (Lipinski definition) is 6. The summed E-state index contributed by atoms with van der Waals surface area (Å²) in [7, 11) is -0.0380. The van der Waals surface area contributed by atoms with Gasteiger partial charge in [0.15, 0.2) is 69.0 Å². The van der Waals surface area contributed by atoms with E-state index >= 15 is 0 Å². The lowest BCUT2D eigenvalue weighted by molar-refractivity contribution is -0.0259. The maximum atomic E-state index is 11.5. The van der Waals surface area contributed by atoms with Gasteiger partial charge in [-0.25, -0.2) is 0 Å². The van der Waals surface area contributed by atoms with Gasteiger partial charge in [0.25, 0.3) is 0 Å². The summed E-state index contributed by atoms with van der Waals surface area (Å²) in [5.41, 5.74) is -19.9. The van der Waals surface area contributed by atoms with Crippen molar-refractivity contribution in [3.63, 3.8) is 0 Å². The van der Waals surface area contributed by atoms with Crippen molar-refractivity contribution in [2.45, 2.75) is 291 Å². The summed E-state index contributed by atoms with van der Waals surface area (Å²) in [6.45, 7) is -38.0. The smallest absolute Gasteiger partial charge is 0.161 e. The summed E-state index contributed by atoms with van der Waals surface area (Å²) in [4.78, 5) is 2.72. The van der Waals surface area contributed by atoms with E-state index in [2.05, 4.69) is 0 Å². The van der Waals surface area contributed by atoms with Crippen LogP contribution in [-0.4, -0.2) is 260 Å². The molecule has 0 bridgehead atoms. The van der Waals surface area contributed by atoms with E-state index in [1.807, 2.05) is 0 Å². The van der Waals surface area contributed by atoms with Crippen LogP contribution in [0.2, 0.25) is 0 Å². The summed E-state index contributed by atoms with van der Waals surface area (Å²) >= 11 is 0. The van der Waals surface area contributed by atoms with E-state index in [0.717, 1.165) is 54.7 Å². The van der Waals surface area contributed by atoms with Gasteiger partial charge >= 0.3 is 0 Å². The van der Waals surface area contributed by atoms with Crippen LogP contribution in [0.5, 0.6) is 69.0 Å². The van der Waals surface area contributed by atoms with Gasteiger partial charge in [0.1, 0.15) is 0 Å². The van der Waals surface area contributed by atoms with Crippen molar-refractivity contribution in [3.05, 3.63) is 139 Å². The first kappa shape index (κ1) is 41.2. The molecule has 0 aliphatic carbocycles. The Morgan fingerprint density at radius 3 is 0.596 bits per heavy atom. The van der Waals surface area contributed by atoms with E-state index in [4.69, 9.17) is 184 Å². The number of fused-ring (bicyclic) bond motifs is 18. The third kappa shape index (κ3) is 26.9. The van der Waals surface area contributed by atoms with Crippen LogP contribution in [0.1, 0.15) is 411 Å². The average Bonchev–Trinajstić information content (AvgIpc) is 0.655. The second-order valence-corrected chi connectivity index (χ2v) is 34.7. The molecule has 18 rings (SSSR count). The highest BCUT2D eigenvalue weighted by Crippen LogP contribution is 2.53. The van der Waals surface area contributed by atoms with Crippen molar-refractivity contribution in [2.75, 3.05) is 163 Å². The third-order valence-electron chi connectivity index (χ3n) is 22.1. The zero-order valence-electron chi connectivity index (χ0n) is 173. The van der Waals surface area contributed by atoms with Crippen molar-refractivity contribution in [2.24, 2.45) is 69.4 Å². The quantitative estimate of drug-likeness (QED) is 0.0392. The van der Waals surface area contributed by atoms with Crippen LogP contribution >= 0.6 is 0 Å². The van der Waals surface area contributed by atoms with Gasteiger partial charge in [0.2, 0.25) is 0 Å². The Kier molecular flexibility index (Phi) is 14.1. The van der Waals surface area contributed by atoms with Crippen LogP contribution in [0.15, 0.2) is 72.5 Å². The fourth-order valence-corrected chi connectivity index (χ4v) is 16.1. The highest BCUT2D eigenvalue weighted by atomic mass is 16.5. The molecule has 6 aromatic carbocycles. The summed E-state index contributed by atoms with van der Waals surface area (Å²) in [6.07, 6.45) is -74.5. The SMILES string of the molecule is [2H]c1c(OC([2H])([2H])[2H])c(OC)c([2H])c2c1C1N(CC([2H])(C([2H])([2H])C(C)(C([2H])([2H])[2H])C([2H])([2H])[2H])C([2H])(O)C1([2H])[2H])C([2H])([2H])C2([2H])[2H].[2H]c1c(OC([2H])([2H])[2H])c(OC)c([2H])c2c1C1N(CC([2H])(CC(C)C)C([2H])(O)C1([2H])[2H])C([2H])([2H])C2([2H])[2H].[2H]c1c(OC([2H])([2H])[2H])c(OC)c([2H])c2c1C1N(CC([2H])(CC(C)C)C([2H])(O)C1([2H])[2H])C([2H])([2H])C2([2H])[2H].[2H]c1c(OC)c(OC)c([2H])c2c1C1N(CC([2H])(C([2H])([2H])C(C)(C([2H])([2H])[2H])C([2H])([2H])[2H])C([2H])(O)C1([2H])[2H])C([2H])([2H])C2([2H])[2H].[2H]c1c(OC)c(OC)c([2H])c2c1C1N(CC([2H])(C([2H])([2H])C(C)(C([2H])([2H])[2H])C([2H])([2H])[2H])C([2H])(O)C1([2H])[2H])C([2H])([2H])C2([2H])[2H].[2H]c1c(OC)c(OC)c([2H])c2c1C1N(CC([2H])(CC(C)C)C([2H])(O)C1([2H])[2H])C([2H])([2H])C2([2H])[2H]. The highest BCUT2D eigenvalue weighted by molar-refractivity contribution is 5.55. The van der Waals surface area contributed by atoms with E-state index in [1.54, 1.807) is 41.5 Å². The van der Waals surface area contributed by atoms with Crippen LogP contribution < -0.4 is 56.8 Å². The lowest BCUT2D eigenvalue weighted by Crippen LogP contribution is -2.48. The Morgan fingerprint density at radius 2 is 0.440 bits per heavy atom. The maximum absolute atomic E-state index is 11.5. The second kappa shape index (κ2) is 48.4. The molecule has 141 heavy (non-hydrogen) atoms. The molecule has 12 heterocycles. The molecule has 0 radical (unpaired) electrons. The Hall–Kier alpha value is -7.56. The molecule has 12 aliphatic rings. The van der Waals surface area contributed by atoms with E-state index in [0.29, 0.717) is 30.6 Å². The number of ether oxygens (including phenoxy) is 12. The van der Waals surface area contributed by atoms with E-state index in [-0.39, 0.29) is 63.2 Å². The summed E-state index contributed by atoms with van der Waals surface area (Å²) in [5, 5.41) is 68.0. The minimum atomic E-state index is -4.20. The number of benzene rings is 6.